The molecule has 0 bridgehead atoms. The monoisotopic (exact) mass is 225 g/mol. The van der Waals surface area contributed by atoms with Gasteiger partial charge in [-0.15, -0.1) is 0 Å². The van der Waals surface area contributed by atoms with Gasteiger partial charge >= 0.3 is 0 Å². The van der Waals surface area contributed by atoms with Crippen molar-refractivity contribution in [1.29, 1.82) is 0 Å². The largest absolute Gasteiger partial charge is 0.508 e. The minimum Gasteiger partial charge on any atom is -0.508 e. The molecule has 0 atom stereocenters. The summed E-state index contributed by atoms with van der Waals surface area (Å²) in [7, 11) is 0. The Morgan fingerprint density at radius 2 is 2.12 bits per heavy atom. The molecule has 0 fully saturated rings. The summed E-state index contributed by atoms with van der Waals surface area (Å²) < 4.78 is 2.44. The average Bonchev–Trinajstić information content (AvgIpc) is 2.69. The van der Waals surface area contributed by atoms with Crippen molar-refractivity contribution in [2.45, 2.75) is 32.2 Å². The Kier molecular flexibility index (Phi) is 1.74. The number of allylic oxidation sites excluding steroid dienone is 1. The predicted octanol–water partition coefficient (Wildman–Crippen LogP) is 3.43. The van der Waals surface area contributed by atoms with Crippen LogP contribution in [-0.2, 0) is 19.4 Å². The van der Waals surface area contributed by atoms with Crippen LogP contribution in [-0.4, -0.2) is 9.67 Å². The minimum absolute atomic E-state index is 0.481. The minimum atomic E-state index is 0.481. The third-order valence-corrected chi connectivity index (χ3v) is 4.08. The first-order valence-electron chi connectivity index (χ1n) is 6.39. The number of hydrogen-bond acceptors (Lipinski definition) is 1. The molecule has 0 saturated heterocycles. The van der Waals surface area contributed by atoms with E-state index in [0.29, 0.717) is 5.76 Å². The maximum atomic E-state index is 10.1. The van der Waals surface area contributed by atoms with E-state index < -0.39 is 0 Å². The fraction of sp³-hybridized carbons (Fsp3) is 0.333. The van der Waals surface area contributed by atoms with Crippen LogP contribution in [0.1, 0.15) is 29.7 Å². The van der Waals surface area contributed by atoms with Gasteiger partial charge in [0.15, 0.2) is 0 Å². The van der Waals surface area contributed by atoms with Crippen LogP contribution in [0.2, 0.25) is 0 Å². The van der Waals surface area contributed by atoms with Gasteiger partial charge in [-0.05, 0) is 37.3 Å². The van der Waals surface area contributed by atoms with Crippen LogP contribution in [0.5, 0.6) is 0 Å². The van der Waals surface area contributed by atoms with Crippen LogP contribution < -0.4 is 0 Å². The zero-order valence-corrected chi connectivity index (χ0v) is 9.74. The van der Waals surface area contributed by atoms with E-state index in [2.05, 4.69) is 22.8 Å². The number of aryl methyl sites for hydroxylation is 2. The number of aromatic nitrogens is 1. The predicted molar refractivity (Wildman–Crippen MR) is 69.2 cm³/mol. The molecular formula is C15H15NO. The van der Waals surface area contributed by atoms with E-state index in [1.54, 1.807) is 0 Å². The van der Waals surface area contributed by atoms with Crippen LogP contribution in [0, 0.1) is 0 Å². The number of nitrogens with zero attached hydrogens (tertiary/aromatic N) is 1. The number of rotatable bonds is 0. The van der Waals surface area contributed by atoms with Crippen LogP contribution in [0.4, 0.5) is 0 Å². The second-order valence-electron chi connectivity index (χ2n) is 5.02. The second-order valence-corrected chi connectivity index (χ2v) is 5.02. The average molecular weight is 225 g/mol. The second kappa shape index (κ2) is 3.16. The fourth-order valence-corrected chi connectivity index (χ4v) is 3.41. The first-order chi connectivity index (χ1) is 8.36. The highest BCUT2D eigenvalue weighted by Crippen LogP contribution is 2.38. The third kappa shape index (κ3) is 1.10. The van der Waals surface area contributed by atoms with E-state index in [4.69, 9.17) is 0 Å². The molecule has 17 heavy (non-hydrogen) atoms. The van der Waals surface area contributed by atoms with Crippen molar-refractivity contribution in [2.75, 3.05) is 0 Å². The summed E-state index contributed by atoms with van der Waals surface area (Å²) in [6.45, 7) is 1.11. The van der Waals surface area contributed by atoms with Gasteiger partial charge in [0.25, 0.3) is 0 Å². The van der Waals surface area contributed by atoms with Crippen molar-refractivity contribution >= 4 is 16.7 Å². The van der Waals surface area contributed by atoms with Gasteiger partial charge < -0.3 is 9.67 Å². The van der Waals surface area contributed by atoms with Crippen LogP contribution >= 0.6 is 0 Å². The van der Waals surface area contributed by atoms with Gasteiger partial charge in [-0.2, -0.15) is 0 Å². The lowest BCUT2D eigenvalue weighted by Crippen LogP contribution is -2.11. The van der Waals surface area contributed by atoms with Gasteiger partial charge in [0, 0.05) is 23.2 Å². The Balaban J connectivity index is 2.20. The van der Waals surface area contributed by atoms with Crippen LogP contribution in [0.25, 0.3) is 16.7 Å². The molecule has 2 nitrogen and oxygen atoms in total. The lowest BCUT2D eigenvalue weighted by Gasteiger charge is -2.18. The maximum Gasteiger partial charge on any atom is 0.121 e. The Morgan fingerprint density at radius 3 is 3.06 bits per heavy atom. The highest BCUT2D eigenvalue weighted by atomic mass is 16.3. The summed E-state index contributed by atoms with van der Waals surface area (Å²) in [5.41, 5.74) is 5.24. The molecule has 0 radical (unpaired) electrons. The molecular weight excluding hydrogens is 210 g/mol. The van der Waals surface area contributed by atoms with E-state index in [-0.39, 0.29) is 0 Å². The molecule has 1 aliphatic carbocycles. The topological polar surface area (TPSA) is 25.2 Å². The number of aliphatic hydroxyl groups excluding tert-OH is 1. The molecule has 0 amide bonds. The van der Waals surface area contributed by atoms with Crippen molar-refractivity contribution < 1.29 is 5.11 Å². The van der Waals surface area contributed by atoms with Gasteiger partial charge in [-0.25, -0.2) is 0 Å². The van der Waals surface area contributed by atoms with Crippen molar-refractivity contribution in [3.05, 3.63) is 41.1 Å². The van der Waals surface area contributed by atoms with E-state index in [1.807, 2.05) is 6.08 Å². The first-order valence-corrected chi connectivity index (χ1v) is 6.39. The zero-order valence-electron chi connectivity index (χ0n) is 9.74. The summed E-state index contributed by atoms with van der Waals surface area (Å²) >= 11 is 0. The molecule has 1 N–H and O–H groups in total. The van der Waals surface area contributed by atoms with Crippen molar-refractivity contribution in [3.63, 3.8) is 0 Å². The SMILES string of the molecule is OC1=CCCc2c1c1cccc3c1n2CCC3. The molecule has 4 rings (SSSR count). The number of para-hydroxylation sites is 1. The van der Waals surface area contributed by atoms with Gasteiger partial charge in [-0.1, -0.05) is 18.2 Å². The molecule has 86 valence electrons. The Bertz CT molecular complexity index is 648. The molecule has 1 aromatic heterocycles. The summed E-state index contributed by atoms with van der Waals surface area (Å²) in [6, 6.07) is 6.49. The number of benzene rings is 1. The van der Waals surface area contributed by atoms with Crippen molar-refractivity contribution in [1.82, 2.24) is 4.57 Å². The van der Waals surface area contributed by atoms with E-state index >= 15 is 0 Å². The van der Waals surface area contributed by atoms with Gasteiger partial charge in [0.2, 0.25) is 0 Å². The summed E-state index contributed by atoms with van der Waals surface area (Å²) in [6.07, 6.45) is 6.37. The smallest absolute Gasteiger partial charge is 0.121 e. The van der Waals surface area contributed by atoms with Gasteiger partial charge in [-0.3, -0.25) is 0 Å². The van der Waals surface area contributed by atoms with Crippen LogP contribution in [0.15, 0.2) is 24.3 Å². The molecule has 0 spiro atoms. The molecule has 0 saturated carbocycles. The Labute approximate surface area is 100 Å². The van der Waals surface area contributed by atoms with E-state index in [0.717, 1.165) is 24.9 Å². The van der Waals surface area contributed by atoms with Crippen molar-refractivity contribution in [2.24, 2.45) is 0 Å². The summed E-state index contributed by atoms with van der Waals surface area (Å²) in [5, 5.41) is 11.4. The van der Waals surface area contributed by atoms with Crippen molar-refractivity contribution in [3.8, 4) is 0 Å². The van der Waals surface area contributed by atoms with E-state index in [9.17, 15) is 5.11 Å². The maximum absolute atomic E-state index is 10.1. The zero-order chi connectivity index (χ0) is 11.4. The molecule has 2 heteroatoms. The quantitative estimate of drug-likeness (QED) is 0.730. The van der Waals surface area contributed by atoms with Crippen LogP contribution in [0.3, 0.4) is 0 Å². The van der Waals surface area contributed by atoms with Gasteiger partial charge in [0.1, 0.15) is 5.76 Å². The molecule has 1 aromatic carbocycles. The lowest BCUT2D eigenvalue weighted by molar-refractivity contribution is 0.502. The molecule has 1 aliphatic heterocycles. The number of hydrogen-bond donors (Lipinski definition) is 1. The fourth-order valence-electron chi connectivity index (χ4n) is 3.41. The summed E-state index contributed by atoms with van der Waals surface area (Å²) in [4.78, 5) is 0. The molecule has 2 heterocycles. The van der Waals surface area contributed by atoms with Gasteiger partial charge in [0.05, 0.1) is 5.52 Å². The molecule has 2 aromatic rings. The molecule has 2 aliphatic rings. The summed E-state index contributed by atoms with van der Waals surface area (Å²) in [5.74, 6) is 0.481. The highest BCUT2D eigenvalue weighted by molar-refractivity contribution is 5.96. The Morgan fingerprint density at radius 1 is 1.18 bits per heavy atom. The lowest BCUT2D eigenvalue weighted by atomic mass is 9.99. The third-order valence-electron chi connectivity index (χ3n) is 4.08. The van der Waals surface area contributed by atoms with E-state index in [1.165, 1.54) is 35.0 Å². The normalized spacial score (nSPS) is 18.0. The molecule has 0 unspecified atom stereocenters. The highest BCUT2D eigenvalue weighted by Gasteiger charge is 2.24. The Hall–Kier alpha value is -1.70. The number of fused-ring (bicyclic) bond motifs is 3. The first kappa shape index (κ1) is 9.34. The standard InChI is InChI=1S/C15H15NO/c17-13-8-2-7-12-14(13)11-6-1-4-10-5-3-9-16(12)15(10)11/h1,4,6,8,17H,2-3,5,7,9H2. The number of aliphatic hydroxyl groups is 1.